The number of halogens is 2. The van der Waals surface area contributed by atoms with E-state index in [1.165, 1.54) is 6.07 Å². The van der Waals surface area contributed by atoms with E-state index in [9.17, 15) is 12.8 Å². The van der Waals surface area contributed by atoms with Gasteiger partial charge in [0, 0.05) is 16.6 Å². The van der Waals surface area contributed by atoms with Gasteiger partial charge in [-0.1, -0.05) is 18.0 Å². The Morgan fingerprint density at radius 1 is 1.33 bits per heavy atom. The smallest absolute Gasteiger partial charge is 0.243 e. The average molecular weight is 334 g/mol. The van der Waals surface area contributed by atoms with Gasteiger partial charge in [0.25, 0.3) is 0 Å². The van der Waals surface area contributed by atoms with Gasteiger partial charge in [-0.3, -0.25) is 0 Å². The van der Waals surface area contributed by atoms with Crippen molar-refractivity contribution in [3.63, 3.8) is 0 Å². The molecular formula is C14H17ClFNO3S. The molecule has 1 aromatic carbocycles. The lowest BCUT2D eigenvalue weighted by atomic mass is 9.96. The zero-order valence-corrected chi connectivity index (χ0v) is 12.9. The van der Waals surface area contributed by atoms with Crippen molar-refractivity contribution in [3.05, 3.63) is 28.5 Å². The highest BCUT2D eigenvalue weighted by Gasteiger charge is 2.41. The van der Waals surface area contributed by atoms with Gasteiger partial charge in [-0.05, 0) is 43.2 Å². The molecule has 0 aromatic heterocycles. The molecule has 116 valence electrons. The molecule has 21 heavy (non-hydrogen) atoms. The summed E-state index contributed by atoms with van der Waals surface area (Å²) in [6.45, 7) is -0.594. The minimum Gasteiger partial charge on any atom is -0.392 e. The van der Waals surface area contributed by atoms with E-state index in [0.29, 0.717) is 11.8 Å². The molecule has 0 amide bonds. The topological polar surface area (TPSA) is 66.4 Å². The summed E-state index contributed by atoms with van der Waals surface area (Å²) in [5, 5.41) is 9.18. The first-order valence-electron chi connectivity index (χ1n) is 7.02. The highest BCUT2D eigenvalue weighted by molar-refractivity contribution is 7.89. The summed E-state index contributed by atoms with van der Waals surface area (Å²) >= 11 is 5.82. The molecule has 2 bridgehead atoms. The molecule has 0 saturated heterocycles. The third kappa shape index (κ3) is 2.82. The van der Waals surface area contributed by atoms with Crippen LogP contribution in [-0.2, 0) is 16.6 Å². The van der Waals surface area contributed by atoms with E-state index in [1.807, 2.05) is 0 Å². The van der Waals surface area contributed by atoms with E-state index in [4.69, 9.17) is 16.7 Å². The van der Waals surface area contributed by atoms with E-state index in [-0.39, 0.29) is 16.6 Å². The second kappa shape index (κ2) is 5.50. The van der Waals surface area contributed by atoms with Gasteiger partial charge in [0.1, 0.15) is 10.7 Å². The third-order valence-electron chi connectivity index (χ3n) is 4.58. The Morgan fingerprint density at radius 2 is 2.10 bits per heavy atom. The largest absolute Gasteiger partial charge is 0.392 e. The Kier molecular flexibility index (Phi) is 3.98. The average Bonchev–Trinajstić information content (AvgIpc) is 3.02. The number of aliphatic hydroxyl groups excluding tert-OH is 1. The first kappa shape index (κ1) is 15.2. The van der Waals surface area contributed by atoms with Crippen LogP contribution in [0.25, 0.3) is 0 Å². The highest BCUT2D eigenvalue weighted by Crippen LogP contribution is 2.45. The maximum Gasteiger partial charge on any atom is 0.243 e. The van der Waals surface area contributed by atoms with Crippen LogP contribution in [0.15, 0.2) is 17.0 Å². The highest BCUT2D eigenvalue weighted by atomic mass is 35.5. The van der Waals surface area contributed by atoms with Crippen LogP contribution in [-0.4, -0.2) is 19.6 Å². The van der Waals surface area contributed by atoms with Gasteiger partial charge < -0.3 is 5.11 Å². The fourth-order valence-electron chi connectivity index (χ4n) is 3.58. The Hall–Kier alpha value is -0.690. The van der Waals surface area contributed by atoms with Crippen molar-refractivity contribution in [3.8, 4) is 0 Å². The van der Waals surface area contributed by atoms with Gasteiger partial charge in [-0.25, -0.2) is 17.5 Å². The van der Waals surface area contributed by atoms with Crippen LogP contribution >= 0.6 is 11.6 Å². The van der Waals surface area contributed by atoms with Crippen LogP contribution in [0.3, 0.4) is 0 Å². The molecule has 2 N–H and O–H groups in total. The van der Waals surface area contributed by atoms with E-state index < -0.39 is 27.3 Å². The van der Waals surface area contributed by atoms with Gasteiger partial charge in [0.2, 0.25) is 10.0 Å². The van der Waals surface area contributed by atoms with Gasteiger partial charge in [-0.2, -0.15) is 0 Å². The Morgan fingerprint density at radius 3 is 2.67 bits per heavy atom. The predicted molar refractivity (Wildman–Crippen MR) is 76.9 cm³/mol. The summed E-state index contributed by atoms with van der Waals surface area (Å²) < 4.78 is 41.6. The number of fused-ring (bicyclic) bond motifs is 2. The summed E-state index contributed by atoms with van der Waals surface area (Å²) in [4.78, 5) is -0.484. The maximum absolute atomic E-state index is 14.2. The molecule has 1 aromatic rings. The second-order valence-corrected chi connectivity index (χ2v) is 8.06. The zero-order valence-electron chi connectivity index (χ0n) is 11.4. The standard InChI is InChI=1S/C14H17ClFNO3S/c15-11-5-10(7-18)14(16)13(6-11)21(19,20)17-12-4-8-1-2-9(12)3-8/h5-6,8-9,12,17-18H,1-4,7H2. The molecule has 2 saturated carbocycles. The molecular weight excluding hydrogens is 317 g/mol. The molecule has 0 spiro atoms. The van der Waals surface area contributed by atoms with Crippen LogP contribution in [0.5, 0.6) is 0 Å². The molecule has 0 aliphatic heterocycles. The fraction of sp³-hybridized carbons (Fsp3) is 0.571. The first-order chi connectivity index (χ1) is 9.90. The number of hydrogen-bond acceptors (Lipinski definition) is 3. The van der Waals surface area contributed by atoms with Gasteiger partial charge >= 0.3 is 0 Å². The normalized spacial score (nSPS) is 28.2. The van der Waals surface area contributed by atoms with Crippen LogP contribution in [0.2, 0.25) is 5.02 Å². The summed E-state index contributed by atoms with van der Waals surface area (Å²) in [5.41, 5.74) is -0.115. The van der Waals surface area contributed by atoms with Crippen LogP contribution in [0.1, 0.15) is 31.2 Å². The van der Waals surface area contributed by atoms with E-state index in [2.05, 4.69) is 4.72 Å². The summed E-state index contributed by atoms with van der Waals surface area (Å²) in [6, 6.07) is 2.20. The first-order valence-corrected chi connectivity index (χ1v) is 8.88. The lowest BCUT2D eigenvalue weighted by molar-refractivity contribution is 0.274. The summed E-state index contributed by atoms with van der Waals surface area (Å²) in [7, 11) is -3.97. The lowest BCUT2D eigenvalue weighted by Gasteiger charge is -2.23. The zero-order chi connectivity index (χ0) is 15.2. The molecule has 3 unspecified atom stereocenters. The Labute approximate surface area is 128 Å². The van der Waals surface area contributed by atoms with E-state index in [1.54, 1.807) is 0 Å². The third-order valence-corrected chi connectivity index (χ3v) is 6.29. The predicted octanol–water partition coefficient (Wildman–Crippen LogP) is 2.44. The molecule has 2 fully saturated rings. The molecule has 3 rings (SSSR count). The van der Waals surface area contributed by atoms with Crippen molar-refractivity contribution < 1.29 is 17.9 Å². The molecule has 0 radical (unpaired) electrons. The van der Waals surface area contributed by atoms with Crippen molar-refractivity contribution in [2.24, 2.45) is 11.8 Å². The number of aliphatic hydroxyl groups is 1. The molecule has 4 nitrogen and oxygen atoms in total. The quantitative estimate of drug-likeness (QED) is 0.889. The summed E-state index contributed by atoms with van der Waals surface area (Å²) in [6.07, 6.45) is 4.05. The van der Waals surface area contributed by atoms with Crippen molar-refractivity contribution >= 4 is 21.6 Å². The van der Waals surface area contributed by atoms with Crippen molar-refractivity contribution in [2.75, 3.05) is 0 Å². The van der Waals surface area contributed by atoms with Gasteiger partial charge in [0.05, 0.1) is 6.61 Å². The molecule has 2 aliphatic rings. The maximum atomic E-state index is 14.2. The molecule has 0 heterocycles. The Bertz CT molecular complexity index is 664. The monoisotopic (exact) mass is 333 g/mol. The summed E-state index contributed by atoms with van der Waals surface area (Å²) in [5.74, 6) is 0.00167. The van der Waals surface area contributed by atoms with E-state index >= 15 is 0 Å². The van der Waals surface area contributed by atoms with Crippen LogP contribution in [0, 0.1) is 17.7 Å². The lowest BCUT2D eigenvalue weighted by Crippen LogP contribution is -2.38. The minimum absolute atomic E-state index is 0.0915. The van der Waals surface area contributed by atoms with Crippen molar-refractivity contribution in [1.82, 2.24) is 4.72 Å². The van der Waals surface area contributed by atoms with Crippen LogP contribution < -0.4 is 4.72 Å². The number of benzene rings is 1. The van der Waals surface area contributed by atoms with Gasteiger partial charge in [-0.15, -0.1) is 0 Å². The number of nitrogens with one attached hydrogen (secondary N) is 1. The van der Waals surface area contributed by atoms with Crippen molar-refractivity contribution in [2.45, 2.75) is 43.2 Å². The number of hydrogen-bond donors (Lipinski definition) is 2. The van der Waals surface area contributed by atoms with Crippen LogP contribution in [0.4, 0.5) is 4.39 Å². The van der Waals surface area contributed by atoms with Crippen molar-refractivity contribution in [1.29, 1.82) is 0 Å². The molecule has 3 atom stereocenters. The second-order valence-electron chi connectivity index (χ2n) is 5.94. The van der Waals surface area contributed by atoms with Gasteiger partial charge in [0.15, 0.2) is 0 Å². The minimum atomic E-state index is -3.97. The Balaban J connectivity index is 1.90. The molecule has 7 heteroatoms. The molecule has 2 aliphatic carbocycles. The number of sulfonamides is 1. The SMILES string of the molecule is O=S(=O)(NC1CC2CCC1C2)c1cc(Cl)cc(CO)c1F. The fourth-order valence-corrected chi connectivity index (χ4v) is 5.35. The van der Waals surface area contributed by atoms with E-state index in [0.717, 1.165) is 31.7 Å². The number of rotatable bonds is 4.